The third-order valence-corrected chi connectivity index (χ3v) is 4.68. The number of carbonyl (C=O) groups is 3. The molecule has 0 spiro atoms. The van der Waals surface area contributed by atoms with Gasteiger partial charge in [0.15, 0.2) is 17.3 Å². The van der Waals surface area contributed by atoms with Gasteiger partial charge in [-0.1, -0.05) is 29.8 Å². The van der Waals surface area contributed by atoms with Gasteiger partial charge in [0.25, 0.3) is 5.91 Å². The topological polar surface area (TPSA) is 75.7 Å². The average Bonchev–Trinajstić information content (AvgIpc) is 2.86. The van der Waals surface area contributed by atoms with Gasteiger partial charge in [-0.05, 0) is 37.6 Å². The summed E-state index contributed by atoms with van der Waals surface area (Å²) in [5, 5.41) is 2.64. The summed E-state index contributed by atoms with van der Waals surface area (Å²) in [6, 6.07) is 10.3. The van der Waals surface area contributed by atoms with E-state index in [0.29, 0.717) is 5.56 Å². The molecule has 27 heavy (non-hydrogen) atoms. The molecule has 0 aliphatic carbocycles. The van der Waals surface area contributed by atoms with Crippen LogP contribution in [-0.4, -0.2) is 36.3 Å². The molecule has 1 aliphatic rings. The number of amides is 3. The van der Waals surface area contributed by atoms with Crippen molar-refractivity contribution in [1.82, 2.24) is 10.2 Å². The molecule has 2 aromatic carbocycles. The number of ketones is 1. The van der Waals surface area contributed by atoms with E-state index in [-0.39, 0.29) is 11.3 Å². The normalized spacial score (nSPS) is 19.2. The van der Waals surface area contributed by atoms with Gasteiger partial charge in [0, 0.05) is 5.56 Å². The highest BCUT2D eigenvalue weighted by Gasteiger charge is 2.49. The number of benzene rings is 2. The first kappa shape index (κ1) is 18.6. The summed E-state index contributed by atoms with van der Waals surface area (Å²) in [5.74, 6) is -1.76. The number of hydrogen-bond donors (Lipinski definition) is 1. The summed E-state index contributed by atoms with van der Waals surface area (Å²) in [7, 11) is 1.32. The molecule has 140 valence electrons. The van der Waals surface area contributed by atoms with Crippen molar-refractivity contribution in [2.75, 3.05) is 13.7 Å². The monoisotopic (exact) mass is 370 g/mol. The van der Waals surface area contributed by atoms with Crippen molar-refractivity contribution in [3.8, 4) is 5.75 Å². The van der Waals surface area contributed by atoms with Crippen molar-refractivity contribution in [3.63, 3.8) is 0 Å². The van der Waals surface area contributed by atoms with Crippen molar-refractivity contribution < 1.29 is 23.5 Å². The lowest BCUT2D eigenvalue weighted by molar-refractivity contribution is -0.130. The number of imide groups is 1. The van der Waals surface area contributed by atoms with Crippen LogP contribution in [-0.2, 0) is 10.3 Å². The maximum Gasteiger partial charge on any atom is 0.325 e. The fourth-order valence-electron chi connectivity index (χ4n) is 3.00. The van der Waals surface area contributed by atoms with Gasteiger partial charge in [0.05, 0.1) is 13.7 Å². The lowest BCUT2D eigenvalue weighted by Crippen LogP contribution is -2.41. The van der Waals surface area contributed by atoms with Crippen LogP contribution in [0.4, 0.5) is 9.18 Å². The second kappa shape index (κ2) is 6.83. The molecular formula is C20H19FN2O4. The molecular weight excluding hydrogens is 351 g/mol. The Bertz CT molecular complexity index is 926. The number of aryl methyl sites for hydroxylation is 1. The average molecular weight is 370 g/mol. The highest BCUT2D eigenvalue weighted by Crippen LogP contribution is 2.29. The molecule has 1 atom stereocenters. The second-order valence-corrected chi connectivity index (χ2v) is 6.58. The maximum absolute atomic E-state index is 13.8. The van der Waals surface area contributed by atoms with Crippen molar-refractivity contribution >= 4 is 17.7 Å². The summed E-state index contributed by atoms with van der Waals surface area (Å²) < 4.78 is 18.6. The molecule has 0 saturated carbocycles. The molecule has 0 bridgehead atoms. The van der Waals surface area contributed by atoms with Crippen LogP contribution in [0.25, 0.3) is 0 Å². The Hall–Kier alpha value is -3.22. The Morgan fingerprint density at radius 3 is 2.44 bits per heavy atom. The van der Waals surface area contributed by atoms with Crippen LogP contribution in [0.5, 0.6) is 5.75 Å². The predicted octanol–water partition coefficient (Wildman–Crippen LogP) is 2.79. The quantitative estimate of drug-likeness (QED) is 0.649. The molecule has 6 nitrogen and oxygen atoms in total. The SMILES string of the molecule is COc1ccc(C(=O)CN2C(=O)N[C@](C)(c3ccc(C)cc3)C2=O)cc1F. The van der Waals surface area contributed by atoms with E-state index in [1.165, 1.54) is 19.2 Å². The number of carbonyl (C=O) groups excluding carboxylic acids is 3. The zero-order chi connectivity index (χ0) is 19.8. The molecule has 7 heteroatoms. The molecule has 3 amide bonds. The van der Waals surface area contributed by atoms with Gasteiger partial charge in [0.1, 0.15) is 5.54 Å². The summed E-state index contributed by atoms with van der Waals surface area (Å²) in [5.41, 5.74) is 0.443. The largest absolute Gasteiger partial charge is 0.494 e. The second-order valence-electron chi connectivity index (χ2n) is 6.58. The summed E-state index contributed by atoms with van der Waals surface area (Å²) in [6.45, 7) is 3.04. The van der Waals surface area contributed by atoms with Gasteiger partial charge in [0.2, 0.25) is 0 Å². The van der Waals surface area contributed by atoms with E-state index in [4.69, 9.17) is 4.74 Å². The lowest BCUT2D eigenvalue weighted by atomic mass is 9.91. The fraction of sp³-hybridized carbons (Fsp3) is 0.250. The Balaban J connectivity index is 1.82. The minimum absolute atomic E-state index is 0.00786. The van der Waals surface area contributed by atoms with Crippen LogP contribution in [0.3, 0.4) is 0 Å². The molecule has 1 saturated heterocycles. The van der Waals surface area contributed by atoms with Crippen molar-refractivity contribution in [3.05, 3.63) is 65.0 Å². The maximum atomic E-state index is 13.8. The van der Waals surface area contributed by atoms with Gasteiger partial charge in [-0.15, -0.1) is 0 Å². The van der Waals surface area contributed by atoms with E-state index >= 15 is 0 Å². The first-order valence-corrected chi connectivity index (χ1v) is 8.34. The molecule has 1 heterocycles. The molecule has 2 aromatic rings. The number of rotatable bonds is 5. The minimum atomic E-state index is -1.25. The molecule has 3 rings (SSSR count). The number of methoxy groups -OCH3 is 1. The van der Waals surface area contributed by atoms with E-state index in [9.17, 15) is 18.8 Å². The van der Waals surface area contributed by atoms with Crippen molar-refractivity contribution in [2.24, 2.45) is 0 Å². The zero-order valence-corrected chi connectivity index (χ0v) is 15.2. The molecule has 1 aliphatic heterocycles. The number of nitrogens with one attached hydrogen (secondary N) is 1. The van der Waals surface area contributed by atoms with Crippen LogP contribution in [0, 0.1) is 12.7 Å². The van der Waals surface area contributed by atoms with E-state index in [1.807, 2.05) is 19.1 Å². The summed E-state index contributed by atoms with van der Waals surface area (Å²) >= 11 is 0. The molecule has 0 unspecified atom stereocenters. The molecule has 0 radical (unpaired) electrons. The smallest absolute Gasteiger partial charge is 0.325 e. The zero-order valence-electron chi connectivity index (χ0n) is 15.2. The third-order valence-electron chi connectivity index (χ3n) is 4.68. The highest BCUT2D eigenvalue weighted by molar-refractivity contribution is 6.11. The van der Waals surface area contributed by atoms with Crippen LogP contribution in [0.15, 0.2) is 42.5 Å². The van der Waals surface area contributed by atoms with E-state index < -0.39 is 35.6 Å². The predicted molar refractivity (Wildman–Crippen MR) is 96.1 cm³/mol. The Kier molecular flexibility index (Phi) is 4.70. The first-order chi connectivity index (χ1) is 12.8. The van der Waals surface area contributed by atoms with E-state index in [1.54, 1.807) is 19.1 Å². The van der Waals surface area contributed by atoms with Gasteiger partial charge >= 0.3 is 6.03 Å². The van der Waals surface area contributed by atoms with Gasteiger partial charge in [-0.2, -0.15) is 0 Å². The Labute approximate surface area is 155 Å². The van der Waals surface area contributed by atoms with Crippen LogP contribution >= 0.6 is 0 Å². The number of nitrogens with zero attached hydrogens (tertiary/aromatic N) is 1. The Morgan fingerprint density at radius 1 is 1.19 bits per heavy atom. The van der Waals surface area contributed by atoms with Crippen molar-refractivity contribution in [2.45, 2.75) is 19.4 Å². The van der Waals surface area contributed by atoms with Crippen LogP contribution in [0.2, 0.25) is 0 Å². The van der Waals surface area contributed by atoms with Crippen molar-refractivity contribution in [1.29, 1.82) is 0 Å². The molecule has 0 aromatic heterocycles. The summed E-state index contributed by atoms with van der Waals surface area (Å²) in [4.78, 5) is 38.5. The number of urea groups is 1. The van der Waals surface area contributed by atoms with Gasteiger partial charge in [-0.3, -0.25) is 14.5 Å². The summed E-state index contributed by atoms with van der Waals surface area (Å²) in [6.07, 6.45) is 0. The number of Topliss-reactive ketones (excluding diaryl/α,β-unsaturated/α-hetero) is 1. The number of ether oxygens (including phenoxy) is 1. The molecule has 1 N–H and O–H groups in total. The van der Waals surface area contributed by atoms with Crippen LogP contribution < -0.4 is 10.1 Å². The standard InChI is InChI=1S/C20H19FN2O4/c1-12-4-7-14(8-5-12)20(2)18(25)23(19(26)22-20)11-16(24)13-6-9-17(27-3)15(21)10-13/h4-10H,11H2,1-3H3,(H,22,26)/t20-/m1/s1. The fourth-order valence-corrected chi connectivity index (χ4v) is 3.00. The van der Waals surface area contributed by atoms with E-state index in [0.717, 1.165) is 16.5 Å². The highest BCUT2D eigenvalue weighted by atomic mass is 19.1. The molecule has 1 fully saturated rings. The first-order valence-electron chi connectivity index (χ1n) is 8.34. The lowest BCUT2D eigenvalue weighted by Gasteiger charge is -2.22. The van der Waals surface area contributed by atoms with Crippen LogP contribution in [0.1, 0.15) is 28.4 Å². The minimum Gasteiger partial charge on any atom is -0.494 e. The van der Waals surface area contributed by atoms with Gasteiger partial charge in [-0.25, -0.2) is 9.18 Å². The number of hydrogen-bond acceptors (Lipinski definition) is 4. The van der Waals surface area contributed by atoms with Gasteiger partial charge < -0.3 is 10.1 Å². The third kappa shape index (κ3) is 3.28. The van der Waals surface area contributed by atoms with E-state index in [2.05, 4.69) is 5.32 Å². The number of halogens is 1. The Morgan fingerprint density at radius 2 is 1.85 bits per heavy atom.